The lowest BCUT2D eigenvalue weighted by molar-refractivity contribution is -0.0672. The maximum Gasteiger partial charge on any atom is 0.408 e. The van der Waals surface area contributed by atoms with E-state index in [1.807, 2.05) is 20.8 Å². The molecule has 0 aromatic carbocycles. The molecule has 1 rings (SSSR count). The van der Waals surface area contributed by atoms with Crippen molar-refractivity contribution in [1.82, 2.24) is 4.90 Å². The highest BCUT2D eigenvalue weighted by Crippen LogP contribution is 2.24. The van der Waals surface area contributed by atoms with E-state index in [1.165, 1.54) is 4.90 Å². The van der Waals surface area contributed by atoms with Gasteiger partial charge in [0.1, 0.15) is 0 Å². The Hall–Kier alpha value is -0.810. The Morgan fingerprint density at radius 1 is 1.44 bits per heavy atom. The van der Waals surface area contributed by atoms with Crippen molar-refractivity contribution >= 4 is 6.09 Å². The summed E-state index contributed by atoms with van der Waals surface area (Å²) in [5.74, 6) is 0. The zero-order valence-electron chi connectivity index (χ0n) is 10.1. The summed E-state index contributed by atoms with van der Waals surface area (Å²) >= 11 is 0. The van der Waals surface area contributed by atoms with Crippen molar-refractivity contribution in [2.75, 3.05) is 13.2 Å². The molecule has 0 saturated carbocycles. The molecule has 0 spiro atoms. The minimum Gasteiger partial charge on any atom is -0.465 e. The fraction of sp³-hybridized carbons (Fsp3) is 0.909. The molecule has 1 aliphatic rings. The fourth-order valence-corrected chi connectivity index (χ4v) is 2.13. The van der Waals surface area contributed by atoms with Crippen molar-refractivity contribution in [3.05, 3.63) is 0 Å². The molecular weight excluding hydrogens is 210 g/mol. The summed E-state index contributed by atoms with van der Waals surface area (Å²) in [6.07, 6.45) is 0.408. The van der Waals surface area contributed by atoms with Crippen LogP contribution >= 0.6 is 0 Å². The van der Waals surface area contributed by atoms with Gasteiger partial charge in [-0.1, -0.05) is 0 Å². The monoisotopic (exact) mass is 231 g/mol. The van der Waals surface area contributed by atoms with Gasteiger partial charge in [-0.3, -0.25) is 4.90 Å². The maximum atomic E-state index is 11.2. The predicted octanol–water partition coefficient (Wildman–Crippen LogP) is 1.30. The lowest BCUT2D eigenvalue weighted by Gasteiger charge is -2.42. The second kappa shape index (κ2) is 5.01. The number of hydrogen-bond donors (Lipinski definition) is 2. The number of hydrogen-bond acceptors (Lipinski definition) is 3. The first kappa shape index (κ1) is 13.3. The van der Waals surface area contributed by atoms with Crippen LogP contribution in [-0.2, 0) is 4.74 Å². The second-order valence-corrected chi connectivity index (χ2v) is 5.19. The molecule has 0 aliphatic carbocycles. The molecule has 1 fully saturated rings. The minimum atomic E-state index is -0.913. The standard InChI is InChI=1S/C11H21NO4/c1-11(2,3)12(10(14)15)8-4-5-9(6-13)16-7-8/h8-9,13H,4-7H2,1-3H3,(H,14,15)/t8-,9?/m0/s1. The van der Waals surface area contributed by atoms with Gasteiger partial charge < -0.3 is 14.9 Å². The van der Waals surface area contributed by atoms with Crippen LogP contribution in [0.5, 0.6) is 0 Å². The first-order valence-electron chi connectivity index (χ1n) is 5.61. The molecule has 0 bridgehead atoms. The van der Waals surface area contributed by atoms with Crippen LogP contribution in [0.3, 0.4) is 0 Å². The summed E-state index contributed by atoms with van der Waals surface area (Å²) in [4.78, 5) is 12.7. The first-order chi connectivity index (χ1) is 7.36. The van der Waals surface area contributed by atoms with E-state index in [9.17, 15) is 9.90 Å². The number of rotatable bonds is 2. The molecule has 1 heterocycles. The lowest BCUT2D eigenvalue weighted by Crippen LogP contribution is -2.54. The predicted molar refractivity (Wildman–Crippen MR) is 59.5 cm³/mol. The van der Waals surface area contributed by atoms with E-state index >= 15 is 0 Å². The summed E-state index contributed by atoms with van der Waals surface area (Å²) in [7, 11) is 0. The molecular formula is C11H21NO4. The number of aliphatic hydroxyl groups excluding tert-OH is 1. The van der Waals surface area contributed by atoms with E-state index in [2.05, 4.69) is 0 Å². The number of carbonyl (C=O) groups is 1. The summed E-state index contributed by atoms with van der Waals surface area (Å²) in [6.45, 7) is 6.00. The minimum absolute atomic E-state index is 0.00924. The van der Waals surface area contributed by atoms with E-state index in [0.29, 0.717) is 13.0 Å². The van der Waals surface area contributed by atoms with Crippen LogP contribution < -0.4 is 0 Å². The zero-order valence-corrected chi connectivity index (χ0v) is 10.1. The van der Waals surface area contributed by atoms with Crippen LogP contribution in [0.4, 0.5) is 4.79 Å². The van der Waals surface area contributed by atoms with Crippen molar-refractivity contribution in [2.45, 2.75) is 51.3 Å². The molecule has 94 valence electrons. The Labute approximate surface area is 96.0 Å². The second-order valence-electron chi connectivity index (χ2n) is 5.19. The summed E-state index contributed by atoms with van der Waals surface area (Å²) < 4.78 is 5.41. The van der Waals surface area contributed by atoms with Crippen molar-refractivity contribution in [2.24, 2.45) is 0 Å². The smallest absolute Gasteiger partial charge is 0.408 e. The number of carboxylic acid groups (broad SMARTS) is 1. The van der Waals surface area contributed by atoms with Gasteiger partial charge in [0.15, 0.2) is 0 Å². The molecule has 1 saturated heterocycles. The highest BCUT2D eigenvalue weighted by molar-refractivity contribution is 5.66. The van der Waals surface area contributed by atoms with Crippen molar-refractivity contribution in [3.8, 4) is 0 Å². The van der Waals surface area contributed by atoms with E-state index in [-0.39, 0.29) is 18.8 Å². The van der Waals surface area contributed by atoms with Crippen LogP contribution in [0, 0.1) is 0 Å². The van der Waals surface area contributed by atoms with Crippen molar-refractivity contribution in [3.63, 3.8) is 0 Å². The number of nitrogens with zero attached hydrogens (tertiary/aromatic N) is 1. The van der Waals surface area contributed by atoms with Gasteiger partial charge in [-0.2, -0.15) is 0 Å². The van der Waals surface area contributed by atoms with Gasteiger partial charge in [-0.05, 0) is 33.6 Å². The summed E-state index contributed by atoms with van der Waals surface area (Å²) in [5.41, 5.74) is -0.425. The van der Waals surface area contributed by atoms with E-state index < -0.39 is 11.6 Å². The molecule has 0 aromatic heterocycles. The van der Waals surface area contributed by atoms with Crippen molar-refractivity contribution < 1.29 is 19.7 Å². The van der Waals surface area contributed by atoms with Gasteiger partial charge in [0, 0.05) is 5.54 Å². The molecule has 5 nitrogen and oxygen atoms in total. The van der Waals surface area contributed by atoms with Gasteiger partial charge in [-0.25, -0.2) is 4.79 Å². The Morgan fingerprint density at radius 3 is 2.38 bits per heavy atom. The van der Waals surface area contributed by atoms with Gasteiger partial charge in [0.2, 0.25) is 0 Å². The van der Waals surface area contributed by atoms with Gasteiger partial charge in [0.05, 0.1) is 25.4 Å². The number of ether oxygens (including phenoxy) is 1. The molecule has 5 heteroatoms. The van der Waals surface area contributed by atoms with Crippen LogP contribution in [-0.4, -0.2) is 52.1 Å². The Bertz CT molecular complexity index is 241. The Kier molecular flexibility index (Phi) is 4.15. The molecule has 2 atom stereocenters. The van der Waals surface area contributed by atoms with Gasteiger partial charge >= 0.3 is 6.09 Å². The molecule has 1 amide bonds. The quantitative estimate of drug-likeness (QED) is 0.751. The van der Waals surface area contributed by atoms with Crippen LogP contribution in [0.2, 0.25) is 0 Å². The fourth-order valence-electron chi connectivity index (χ4n) is 2.13. The summed E-state index contributed by atoms with van der Waals surface area (Å²) in [5, 5.41) is 18.1. The molecule has 0 radical (unpaired) electrons. The van der Waals surface area contributed by atoms with Gasteiger partial charge in [-0.15, -0.1) is 0 Å². The van der Waals surface area contributed by atoms with Crippen LogP contribution in [0.25, 0.3) is 0 Å². The molecule has 1 aliphatic heterocycles. The number of aliphatic hydroxyl groups is 1. The Balaban J connectivity index is 2.65. The third kappa shape index (κ3) is 3.09. The van der Waals surface area contributed by atoms with Crippen LogP contribution in [0.1, 0.15) is 33.6 Å². The topological polar surface area (TPSA) is 70.0 Å². The van der Waals surface area contributed by atoms with E-state index in [0.717, 1.165) is 6.42 Å². The maximum absolute atomic E-state index is 11.2. The lowest BCUT2D eigenvalue weighted by atomic mass is 9.98. The molecule has 1 unspecified atom stereocenters. The van der Waals surface area contributed by atoms with E-state index in [4.69, 9.17) is 9.84 Å². The normalized spacial score (nSPS) is 26.5. The highest BCUT2D eigenvalue weighted by Gasteiger charge is 2.35. The third-order valence-electron chi connectivity index (χ3n) is 2.84. The van der Waals surface area contributed by atoms with E-state index in [1.54, 1.807) is 0 Å². The average Bonchev–Trinajstić information content (AvgIpc) is 2.16. The van der Waals surface area contributed by atoms with Gasteiger partial charge in [0.25, 0.3) is 0 Å². The zero-order chi connectivity index (χ0) is 12.3. The average molecular weight is 231 g/mol. The third-order valence-corrected chi connectivity index (χ3v) is 2.84. The number of amides is 1. The molecule has 2 N–H and O–H groups in total. The van der Waals surface area contributed by atoms with Crippen molar-refractivity contribution in [1.29, 1.82) is 0 Å². The largest absolute Gasteiger partial charge is 0.465 e. The molecule has 16 heavy (non-hydrogen) atoms. The van der Waals surface area contributed by atoms with Crippen LogP contribution in [0.15, 0.2) is 0 Å². The highest BCUT2D eigenvalue weighted by atomic mass is 16.5. The first-order valence-corrected chi connectivity index (χ1v) is 5.61. The summed E-state index contributed by atoms with van der Waals surface area (Å²) in [6, 6.07) is -0.111. The SMILES string of the molecule is CC(C)(C)N(C(=O)O)[C@H]1CCC(CO)OC1. The molecule has 0 aromatic rings. The Morgan fingerprint density at radius 2 is 2.06 bits per heavy atom.